The fourth-order valence-corrected chi connectivity index (χ4v) is 4.28. The molecule has 1 aromatic carbocycles. The standard InChI is InChI=1S/C24H32N6O3/c1-15(2)30-14-20-21(23(30)32)26-24(29-11-9-28(10-12-29)17(4)31)27-22(20)25-16(3)18-7-6-8-19(13-18)33-5/h6-8,13,15-16H,9-12,14H2,1-5H3,(H,25,26,27). The number of carbonyl (C=O) groups is 2. The second-order valence-corrected chi connectivity index (χ2v) is 8.86. The van der Waals surface area contributed by atoms with E-state index in [9.17, 15) is 9.59 Å². The van der Waals surface area contributed by atoms with Gasteiger partial charge in [-0.05, 0) is 38.5 Å². The fraction of sp³-hybridized carbons (Fsp3) is 0.500. The lowest BCUT2D eigenvalue weighted by Gasteiger charge is -2.34. The Hall–Kier alpha value is -3.36. The first-order chi connectivity index (χ1) is 15.8. The molecule has 1 aromatic heterocycles. The summed E-state index contributed by atoms with van der Waals surface area (Å²) in [5, 5.41) is 3.52. The van der Waals surface area contributed by atoms with Gasteiger partial charge in [-0.15, -0.1) is 0 Å². The average molecular weight is 453 g/mol. The number of amides is 2. The lowest BCUT2D eigenvalue weighted by molar-refractivity contribution is -0.129. The number of ether oxygens (including phenoxy) is 1. The summed E-state index contributed by atoms with van der Waals surface area (Å²) < 4.78 is 5.37. The van der Waals surface area contributed by atoms with Crippen molar-refractivity contribution in [3.8, 4) is 5.75 Å². The van der Waals surface area contributed by atoms with Gasteiger partial charge in [0.25, 0.3) is 5.91 Å². The van der Waals surface area contributed by atoms with E-state index in [1.54, 1.807) is 14.0 Å². The summed E-state index contributed by atoms with van der Waals surface area (Å²) in [6, 6.07) is 7.92. The molecule has 4 rings (SSSR count). The van der Waals surface area contributed by atoms with Crippen LogP contribution in [0.3, 0.4) is 0 Å². The number of nitrogens with zero attached hydrogens (tertiary/aromatic N) is 5. The summed E-state index contributed by atoms with van der Waals surface area (Å²) in [5.41, 5.74) is 2.35. The van der Waals surface area contributed by atoms with Gasteiger partial charge in [-0.1, -0.05) is 12.1 Å². The lowest BCUT2D eigenvalue weighted by atomic mass is 10.1. The topological polar surface area (TPSA) is 90.9 Å². The number of anilines is 2. The summed E-state index contributed by atoms with van der Waals surface area (Å²) in [7, 11) is 1.65. The molecule has 0 spiro atoms. The maximum atomic E-state index is 13.1. The van der Waals surface area contributed by atoms with Crippen LogP contribution in [-0.2, 0) is 11.3 Å². The van der Waals surface area contributed by atoms with E-state index in [0.717, 1.165) is 16.9 Å². The second kappa shape index (κ2) is 9.25. The third-order valence-electron chi connectivity index (χ3n) is 6.37. The SMILES string of the molecule is COc1cccc(C(C)Nc2nc(N3CCN(C(C)=O)CC3)nc3c2CN(C(C)C)C3=O)c1. The van der Waals surface area contributed by atoms with Gasteiger partial charge in [-0.3, -0.25) is 9.59 Å². The Morgan fingerprint density at radius 3 is 2.48 bits per heavy atom. The van der Waals surface area contributed by atoms with Crippen molar-refractivity contribution in [2.45, 2.75) is 46.3 Å². The molecule has 3 heterocycles. The van der Waals surface area contributed by atoms with Gasteiger partial charge in [-0.25, -0.2) is 4.98 Å². The molecular formula is C24H32N6O3. The predicted molar refractivity (Wildman–Crippen MR) is 127 cm³/mol. The molecule has 2 amide bonds. The lowest BCUT2D eigenvalue weighted by Crippen LogP contribution is -2.48. The van der Waals surface area contributed by atoms with Gasteiger partial charge < -0.3 is 24.8 Å². The van der Waals surface area contributed by atoms with Crippen LogP contribution >= 0.6 is 0 Å². The smallest absolute Gasteiger partial charge is 0.273 e. The molecule has 1 fully saturated rings. The van der Waals surface area contributed by atoms with E-state index >= 15 is 0 Å². The monoisotopic (exact) mass is 452 g/mol. The van der Waals surface area contributed by atoms with E-state index < -0.39 is 0 Å². The van der Waals surface area contributed by atoms with Crippen molar-refractivity contribution in [3.05, 3.63) is 41.1 Å². The molecule has 176 valence electrons. The molecule has 2 aromatic rings. The first-order valence-corrected chi connectivity index (χ1v) is 11.4. The molecule has 2 aliphatic rings. The molecule has 1 N–H and O–H groups in total. The summed E-state index contributed by atoms with van der Waals surface area (Å²) in [6.07, 6.45) is 0. The number of hydrogen-bond acceptors (Lipinski definition) is 7. The number of aromatic nitrogens is 2. The van der Waals surface area contributed by atoms with Gasteiger partial charge in [0.1, 0.15) is 17.3 Å². The first-order valence-electron chi connectivity index (χ1n) is 11.4. The summed E-state index contributed by atoms with van der Waals surface area (Å²) >= 11 is 0. The van der Waals surface area contributed by atoms with Crippen LogP contribution in [0.2, 0.25) is 0 Å². The van der Waals surface area contributed by atoms with Crippen molar-refractivity contribution in [2.75, 3.05) is 43.5 Å². The Morgan fingerprint density at radius 1 is 1.12 bits per heavy atom. The zero-order valence-electron chi connectivity index (χ0n) is 20.0. The van der Waals surface area contributed by atoms with Gasteiger partial charge in [0.15, 0.2) is 0 Å². The quantitative estimate of drug-likeness (QED) is 0.721. The zero-order valence-corrected chi connectivity index (χ0v) is 20.0. The second-order valence-electron chi connectivity index (χ2n) is 8.86. The van der Waals surface area contributed by atoms with Gasteiger partial charge >= 0.3 is 0 Å². The highest BCUT2D eigenvalue weighted by molar-refractivity contribution is 5.98. The third kappa shape index (κ3) is 4.58. The zero-order chi connectivity index (χ0) is 23.7. The van der Waals surface area contributed by atoms with Crippen molar-refractivity contribution in [1.82, 2.24) is 19.8 Å². The van der Waals surface area contributed by atoms with E-state index in [1.165, 1.54) is 0 Å². The Morgan fingerprint density at radius 2 is 1.85 bits per heavy atom. The summed E-state index contributed by atoms with van der Waals surface area (Å²) in [6.45, 7) is 10.6. The summed E-state index contributed by atoms with van der Waals surface area (Å²) in [4.78, 5) is 40.1. The Bertz CT molecular complexity index is 1050. The number of fused-ring (bicyclic) bond motifs is 1. The van der Waals surface area contributed by atoms with Crippen LogP contribution in [-0.4, -0.2) is 70.9 Å². The summed E-state index contributed by atoms with van der Waals surface area (Å²) in [5.74, 6) is 2.00. The van der Waals surface area contributed by atoms with Crippen LogP contribution in [0.5, 0.6) is 5.75 Å². The third-order valence-corrected chi connectivity index (χ3v) is 6.37. The number of hydrogen-bond donors (Lipinski definition) is 1. The molecule has 1 saturated heterocycles. The minimum absolute atomic E-state index is 0.0512. The highest BCUT2D eigenvalue weighted by Crippen LogP contribution is 2.33. The molecule has 1 atom stereocenters. The van der Waals surface area contributed by atoms with Crippen molar-refractivity contribution in [1.29, 1.82) is 0 Å². The normalized spacial score (nSPS) is 16.8. The van der Waals surface area contributed by atoms with E-state index in [4.69, 9.17) is 9.72 Å². The Kier molecular flexibility index (Phi) is 6.40. The highest BCUT2D eigenvalue weighted by atomic mass is 16.5. The van der Waals surface area contributed by atoms with Crippen molar-refractivity contribution in [2.24, 2.45) is 0 Å². The van der Waals surface area contributed by atoms with Crippen LogP contribution in [0.25, 0.3) is 0 Å². The molecule has 1 unspecified atom stereocenters. The van der Waals surface area contributed by atoms with Crippen molar-refractivity contribution < 1.29 is 14.3 Å². The van der Waals surface area contributed by atoms with Crippen LogP contribution in [0.15, 0.2) is 24.3 Å². The molecule has 33 heavy (non-hydrogen) atoms. The predicted octanol–water partition coefficient (Wildman–Crippen LogP) is 2.69. The minimum atomic E-state index is -0.0666. The first kappa shape index (κ1) is 22.8. The number of methoxy groups -OCH3 is 1. The minimum Gasteiger partial charge on any atom is -0.497 e. The van der Waals surface area contributed by atoms with E-state index in [0.29, 0.717) is 50.2 Å². The van der Waals surface area contributed by atoms with Gasteiger partial charge in [0, 0.05) is 44.7 Å². The number of rotatable bonds is 6. The Balaban J connectivity index is 1.66. The van der Waals surface area contributed by atoms with Crippen LogP contribution in [0.4, 0.5) is 11.8 Å². The molecule has 0 radical (unpaired) electrons. The fourth-order valence-electron chi connectivity index (χ4n) is 4.28. The molecule has 2 aliphatic heterocycles. The van der Waals surface area contributed by atoms with E-state index in [2.05, 4.69) is 17.2 Å². The van der Waals surface area contributed by atoms with Gasteiger partial charge in [0.2, 0.25) is 11.9 Å². The van der Waals surface area contributed by atoms with Crippen LogP contribution in [0.1, 0.15) is 55.4 Å². The maximum Gasteiger partial charge on any atom is 0.273 e. The average Bonchev–Trinajstić information content (AvgIpc) is 3.16. The Labute approximate surface area is 194 Å². The molecule has 9 heteroatoms. The molecule has 0 saturated carbocycles. The van der Waals surface area contributed by atoms with E-state index in [-0.39, 0.29) is 23.9 Å². The number of piperazine rings is 1. The number of carbonyl (C=O) groups excluding carboxylic acids is 2. The number of nitrogens with one attached hydrogen (secondary N) is 1. The van der Waals surface area contributed by atoms with Gasteiger partial charge in [-0.2, -0.15) is 4.98 Å². The highest BCUT2D eigenvalue weighted by Gasteiger charge is 2.35. The van der Waals surface area contributed by atoms with Crippen molar-refractivity contribution in [3.63, 3.8) is 0 Å². The molecular weight excluding hydrogens is 420 g/mol. The molecule has 0 aliphatic carbocycles. The molecule has 9 nitrogen and oxygen atoms in total. The van der Waals surface area contributed by atoms with Gasteiger partial charge in [0.05, 0.1) is 19.7 Å². The maximum absolute atomic E-state index is 13.1. The largest absolute Gasteiger partial charge is 0.497 e. The van der Waals surface area contributed by atoms with Crippen LogP contribution < -0.4 is 15.0 Å². The van der Waals surface area contributed by atoms with Crippen LogP contribution in [0, 0.1) is 0 Å². The van der Waals surface area contributed by atoms with Crippen molar-refractivity contribution >= 4 is 23.6 Å². The molecule has 0 bridgehead atoms. The number of benzene rings is 1. The van der Waals surface area contributed by atoms with E-state index in [1.807, 2.05) is 52.8 Å².